The van der Waals surface area contributed by atoms with Gasteiger partial charge in [0, 0.05) is 16.7 Å². The minimum atomic E-state index is -0.245. The van der Waals surface area contributed by atoms with Crippen LogP contribution in [-0.2, 0) is 0 Å². The van der Waals surface area contributed by atoms with Crippen LogP contribution in [0.1, 0.15) is 5.76 Å². The van der Waals surface area contributed by atoms with Crippen LogP contribution in [-0.4, -0.2) is 14.6 Å². The highest BCUT2D eigenvalue weighted by atomic mass is 35.5. The number of halogens is 2. The molecule has 0 bridgehead atoms. The zero-order valence-electron chi connectivity index (χ0n) is 11.4. The van der Waals surface area contributed by atoms with Gasteiger partial charge in [0.25, 0.3) is 5.56 Å². The maximum Gasteiger partial charge on any atom is 0.291 e. The van der Waals surface area contributed by atoms with Gasteiger partial charge in [-0.1, -0.05) is 34.5 Å². The van der Waals surface area contributed by atoms with E-state index >= 15 is 0 Å². The molecular weight excluding hydrogens is 357 g/mol. The fourth-order valence-corrected chi connectivity index (χ4v) is 3.50. The maximum absolute atomic E-state index is 12.4. The molecule has 114 valence electrons. The Morgan fingerprint density at radius 2 is 2.13 bits per heavy atom. The summed E-state index contributed by atoms with van der Waals surface area (Å²) in [6.07, 6.45) is 3.21. The predicted molar refractivity (Wildman–Crippen MR) is 90.1 cm³/mol. The maximum atomic E-state index is 12.4. The molecule has 0 N–H and O–H groups in total. The third kappa shape index (κ3) is 2.55. The molecule has 3 heterocycles. The van der Waals surface area contributed by atoms with Crippen molar-refractivity contribution in [2.75, 3.05) is 0 Å². The van der Waals surface area contributed by atoms with E-state index in [4.69, 9.17) is 27.6 Å². The van der Waals surface area contributed by atoms with Gasteiger partial charge in [-0.15, -0.1) is 5.10 Å². The highest BCUT2D eigenvalue weighted by Gasteiger charge is 2.14. The standard InChI is InChI=1S/C15H7Cl2N3O2S/c16-8-3-4-10(11(17)6-8)13-18-15-20(19-13)14(21)12(23-15)7-9-2-1-5-22-9/h1-7H/b12-7-. The summed E-state index contributed by atoms with van der Waals surface area (Å²) in [4.78, 5) is 17.3. The number of rotatable bonds is 2. The summed E-state index contributed by atoms with van der Waals surface area (Å²) >= 11 is 13.3. The zero-order chi connectivity index (χ0) is 16.0. The molecule has 0 saturated heterocycles. The van der Waals surface area contributed by atoms with E-state index in [-0.39, 0.29) is 5.56 Å². The summed E-state index contributed by atoms with van der Waals surface area (Å²) in [6, 6.07) is 8.57. The number of hydrogen-bond acceptors (Lipinski definition) is 5. The van der Waals surface area contributed by atoms with Crippen molar-refractivity contribution in [3.05, 3.63) is 67.3 Å². The van der Waals surface area contributed by atoms with Gasteiger partial charge in [0.15, 0.2) is 5.82 Å². The number of benzene rings is 1. The SMILES string of the molecule is O=c1/c(=C/c2ccco2)sc2nc(-c3ccc(Cl)cc3Cl)nn12. The first-order chi connectivity index (χ1) is 11.1. The Kier molecular flexibility index (Phi) is 3.45. The van der Waals surface area contributed by atoms with Gasteiger partial charge >= 0.3 is 0 Å². The number of aromatic nitrogens is 3. The molecule has 23 heavy (non-hydrogen) atoms. The molecule has 3 aromatic heterocycles. The molecule has 5 nitrogen and oxygen atoms in total. The Bertz CT molecular complexity index is 1120. The van der Waals surface area contributed by atoms with Crippen LogP contribution in [0.3, 0.4) is 0 Å². The summed E-state index contributed by atoms with van der Waals surface area (Å²) in [5.41, 5.74) is 0.383. The zero-order valence-corrected chi connectivity index (χ0v) is 13.7. The van der Waals surface area contributed by atoms with Gasteiger partial charge in [0.2, 0.25) is 4.96 Å². The van der Waals surface area contributed by atoms with Crippen molar-refractivity contribution in [2.24, 2.45) is 0 Å². The number of thiazole rings is 1. The van der Waals surface area contributed by atoms with Crippen LogP contribution in [0.5, 0.6) is 0 Å². The molecule has 0 atom stereocenters. The summed E-state index contributed by atoms with van der Waals surface area (Å²) in [5.74, 6) is 0.993. The summed E-state index contributed by atoms with van der Waals surface area (Å²) in [5, 5.41) is 5.21. The first kappa shape index (κ1) is 14.4. The Labute approximate surface area is 143 Å². The van der Waals surface area contributed by atoms with Crippen LogP contribution in [0.2, 0.25) is 10.0 Å². The first-order valence-corrected chi connectivity index (χ1v) is 8.09. The van der Waals surface area contributed by atoms with Crippen LogP contribution in [0.15, 0.2) is 45.8 Å². The minimum Gasteiger partial charge on any atom is -0.465 e. The van der Waals surface area contributed by atoms with E-state index in [2.05, 4.69) is 10.1 Å². The van der Waals surface area contributed by atoms with Gasteiger partial charge in [0.1, 0.15) is 10.3 Å². The molecule has 0 spiro atoms. The van der Waals surface area contributed by atoms with Gasteiger partial charge in [-0.05, 0) is 30.3 Å². The van der Waals surface area contributed by atoms with E-state index in [0.717, 1.165) is 0 Å². The second-order valence-corrected chi connectivity index (χ2v) is 6.54. The van der Waals surface area contributed by atoms with Gasteiger partial charge in [-0.25, -0.2) is 0 Å². The Morgan fingerprint density at radius 3 is 2.83 bits per heavy atom. The van der Waals surface area contributed by atoms with E-state index in [1.807, 2.05) is 0 Å². The number of nitrogens with zero attached hydrogens (tertiary/aromatic N) is 3. The Balaban J connectivity index is 1.86. The van der Waals surface area contributed by atoms with Gasteiger partial charge in [0.05, 0.1) is 11.3 Å². The van der Waals surface area contributed by atoms with Crippen LogP contribution in [0.4, 0.5) is 0 Å². The second kappa shape index (κ2) is 5.49. The topological polar surface area (TPSA) is 60.4 Å². The number of furan rings is 1. The third-order valence-electron chi connectivity index (χ3n) is 3.17. The molecule has 4 aromatic rings. The van der Waals surface area contributed by atoms with Crippen molar-refractivity contribution in [1.82, 2.24) is 14.6 Å². The van der Waals surface area contributed by atoms with Crippen molar-refractivity contribution in [3.8, 4) is 11.4 Å². The largest absolute Gasteiger partial charge is 0.465 e. The highest BCUT2D eigenvalue weighted by Crippen LogP contribution is 2.28. The van der Waals surface area contributed by atoms with Crippen molar-refractivity contribution < 1.29 is 4.42 Å². The van der Waals surface area contributed by atoms with Crippen molar-refractivity contribution in [2.45, 2.75) is 0 Å². The van der Waals surface area contributed by atoms with Gasteiger partial charge < -0.3 is 4.42 Å². The lowest BCUT2D eigenvalue weighted by Crippen LogP contribution is -2.23. The molecule has 0 amide bonds. The van der Waals surface area contributed by atoms with E-state index in [1.165, 1.54) is 15.9 Å². The van der Waals surface area contributed by atoms with Gasteiger partial charge in [-0.2, -0.15) is 9.50 Å². The van der Waals surface area contributed by atoms with Gasteiger partial charge in [-0.3, -0.25) is 4.79 Å². The molecule has 0 radical (unpaired) electrons. The summed E-state index contributed by atoms with van der Waals surface area (Å²) in [6.45, 7) is 0. The lowest BCUT2D eigenvalue weighted by Gasteiger charge is -1.98. The predicted octanol–water partition coefficient (Wildman–Crippen LogP) is 3.27. The van der Waals surface area contributed by atoms with E-state index in [9.17, 15) is 4.79 Å². The Morgan fingerprint density at radius 1 is 1.26 bits per heavy atom. The Hall–Kier alpha value is -2.15. The molecule has 4 rings (SSSR count). The normalized spacial score (nSPS) is 12.3. The summed E-state index contributed by atoms with van der Waals surface area (Å²) < 4.78 is 6.98. The quantitative estimate of drug-likeness (QED) is 0.548. The van der Waals surface area contributed by atoms with E-state index < -0.39 is 0 Å². The lowest BCUT2D eigenvalue weighted by molar-refractivity contribution is 0.556. The molecule has 0 aliphatic heterocycles. The van der Waals surface area contributed by atoms with Crippen molar-refractivity contribution >= 4 is 45.6 Å². The third-order valence-corrected chi connectivity index (χ3v) is 4.68. The number of fused-ring (bicyclic) bond motifs is 1. The smallest absolute Gasteiger partial charge is 0.291 e. The van der Waals surface area contributed by atoms with Crippen molar-refractivity contribution in [1.29, 1.82) is 0 Å². The fourth-order valence-electron chi connectivity index (χ4n) is 2.12. The fraction of sp³-hybridized carbons (Fsp3) is 0. The molecule has 0 fully saturated rings. The average Bonchev–Trinajstić information content (AvgIpc) is 3.20. The first-order valence-electron chi connectivity index (χ1n) is 6.52. The molecule has 0 aliphatic rings. The molecular formula is C15H7Cl2N3O2S. The second-order valence-electron chi connectivity index (χ2n) is 4.69. The van der Waals surface area contributed by atoms with E-state index in [1.54, 1.807) is 42.7 Å². The minimum absolute atomic E-state index is 0.245. The van der Waals surface area contributed by atoms with Crippen LogP contribution in [0, 0.1) is 0 Å². The lowest BCUT2D eigenvalue weighted by atomic mass is 10.2. The molecule has 8 heteroatoms. The molecule has 0 saturated carbocycles. The average molecular weight is 364 g/mol. The van der Waals surface area contributed by atoms with Crippen molar-refractivity contribution in [3.63, 3.8) is 0 Å². The highest BCUT2D eigenvalue weighted by molar-refractivity contribution is 7.15. The van der Waals surface area contributed by atoms with Crippen LogP contribution < -0.4 is 10.1 Å². The number of hydrogen-bond donors (Lipinski definition) is 0. The molecule has 0 unspecified atom stereocenters. The van der Waals surface area contributed by atoms with Crippen LogP contribution >= 0.6 is 34.5 Å². The van der Waals surface area contributed by atoms with Crippen LogP contribution in [0.25, 0.3) is 22.4 Å². The van der Waals surface area contributed by atoms with E-state index in [0.29, 0.717) is 36.7 Å². The molecule has 0 aliphatic carbocycles. The molecule has 1 aromatic carbocycles. The summed E-state index contributed by atoms with van der Waals surface area (Å²) in [7, 11) is 0. The monoisotopic (exact) mass is 363 g/mol.